The lowest BCUT2D eigenvalue weighted by molar-refractivity contribution is -0.137. The molecular formula is C14H17N3O2S. The highest BCUT2D eigenvalue weighted by atomic mass is 32.2. The summed E-state index contributed by atoms with van der Waals surface area (Å²) in [7, 11) is 0. The van der Waals surface area contributed by atoms with Crippen molar-refractivity contribution in [3.63, 3.8) is 0 Å². The number of carboxylic acid groups (broad SMARTS) is 1. The average Bonchev–Trinajstić information content (AvgIpc) is 2.92. The summed E-state index contributed by atoms with van der Waals surface area (Å²) in [6.07, 6.45) is 6.40. The topological polar surface area (TPSA) is 68.0 Å². The number of aryl methyl sites for hydroxylation is 1. The molecule has 2 rings (SSSR count). The van der Waals surface area contributed by atoms with E-state index in [0.717, 1.165) is 24.2 Å². The van der Waals surface area contributed by atoms with Crippen LogP contribution in [0.4, 0.5) is 0 Å². The Hall–Kier alpha value is -1.82. The minimum atomic E-state index is -0.748. The molecule has 0 aliphatic rings. The number of benzene rings is 1. The third kappa shape index (κ3) is 4.09. The largest absolute Gasteiger partial charge is 0.481 e. The van der Waals surface area contributed by atoms with Crippen molar-refractivity contribution in [2.45, 2.75) is 30.6 Å². The van der Waals surface area contributed by atoms with Crippen molar-refractivity contribution in [3.8, 4) is 5.69 Å². The maximum absolute atomic E-state index is 10.4. The van der Waals surface area contributed by atoms with Crippen molar-refractivity contribution in [2.75, 3.05) is 6.26 Å². The van der Waals surface area contributed by atoms with Crippen molar-refractivity contribution < 1.29 is 9.90 Å². The first kappa shape index (κ1) is 14.6. The van der Waals surface area contributed by atoms with E-state index in [4.69, 9.17) is 5.11 Å². The molecule has 106 valence electrons. The van der Waals surface area contributed by atoms with Gasteiger partial charge in [-0.05, 0) is 49.8 Å². The summed E-state index contributed by atoms with van der Waals surface area (Å²) in [4.78, 5) is 11.6. The van der Waals surface area contributed by atoms with E-state index in [-0.39, 0.29) is 6.42 Å². The minimum Gasteiger partial charge on any atom is -0.481 e. The molecule has 0 fully saturated rings. The second-order valence-corrected chi connectivity index (χ2v) is 5.33. The molecule has 0 atom stereocenters. The van der Waals surface area contributed by atoms with Crippen LogP contribution < -0.4 is 0 Å². The zero-order chi connectivity index (χ0) is 14.4. The predicted octanol–water partition coefficient (Wildman–Crippen LogP) is 2.79. The van der Waals surface area contributed by atoms with Crippen LogP contribution in [0.5, 0.6) is 0 Å². The van der Waals surface area contributed by atoms with Gasteiger partial charge in [0.2, 0.25) is 0 Å². The first-order valence-electron chi connectivity index (χ1n) is 6.46. The predicted molar refractivity (Wildman–Crippen MR) is 78.3 cm³/mol. The molecular weight excluding hydrogens is 274 g/mol. The molecule has 1 aromatic carbocycles. The molecule has 0 saturated heterocycles. The molecule has 0 bridgehead atoms. The molecule has 0 unspecified atom stereocenters. The average molecular weight is 291 g/mol. The number of aromatic nitrogens is 3. The maximum Gasteiger partial charge on any atom is 0.303 e. The molecule has 0 saturated carbocycles. The van der Waals surface area contributed by atoms with Crippen molar-refractivity contribution in [3.05, 3.63) is 36.2 Å². The monoisotopic (exact) mass is 291 g/mol. The first-order chi connectivity index (χ1) is 9.69. The lowest BCUT2D eigenvalue weighted by Crippen LogP contribution is -1.95. The van der Waals surface area contributed by atoms with Gasteiger partial charge in [0, 0.05) is 11.3 Å². The zero-order valence-corrected chi connectivity index (χ0v) is 12.1. The fourth-order valence-corrected chi connectivity index (χ4v) is 2.26. The Morgan fingerprint density at radius 3 is 2.70 bits per heavy atom. The van der Waals surface area contributed by atoms with Crippen LogP contribution in [-0.4, -0.2) is 32.3 Å². The van der Waals surface area contributed by atoms with E-state index >= 15 is 0 Å². The number of rotatable bonds is 7. The van der Waals surface area contributed by atoms with Gasteiger partial charge in [-0.1, -0.05) is 5.21 Å². The molecule has 0 radical (unpaired) electrons. The fraction of sp³-hybridized carbons (Fsp3) is 0.357. The van der Waals surface area contributed by atoms with Gasteiger partial charge in [-0.25, -0.2) is 4.68 Å². The van der Waals surface area contributed by atoms with Crippen LogP contribution >= 0.6 is 11.8 Å². The Kier molecular flexibility index (Phi) is 5.17. The van der Waals surface area contributed by atoms with Crippen LogP contribution in [0.15, 0.2) is 35.4 Å². The van der Waals surface area contributed by atoms with E-state index in [1.807, 2.05) is 36.7 Å². The Balaban J connectivity index is 1.92. The lowest BCUT2D eigenvalue weighted by Gasteiger charge is -2.00. The highest BCUT2D eigenvalue weighted by Gasteiger charge is 2.04. The normalized spacial score (nSPS) is 10.7. The third-order valence-corrected chi connectivity index (χ3v) is 3.69. The molecule has 6 heteroatoms. The molecule has 0 aliphatic carbocycles. The van der Waals surface area contributed by atoms with Crippen molar-refractivity contribution in [1.29, 1.82) is 0 Å². The number of aliphatic carboxylic acids is 1. The van der Waals surface area contributed by atoms with Crippen molar-refractivity contribution in [2.24, 2.45) is 0 Å². The summed E-state index contributed by atoms with van der Waals surface area (Å²) < 4.78 is 1.75. The number of nitrogens with zero attached hydrogens (tertiary/aromatic N) is 3. The van der Waals surface area contributed by atoms with E-state index in [2.05, 4.69) is 10.3 Å². The standard InChI is InChI=1S/C14H17N3O2S/c1-20-13-8-6-12(7-9-13)17-10-11(15-16-17)4-2-3-5-14(18)19/h6-10H,2-5H2,1H3,(H,18,19). The highest BCUT2D eigenvalue weighted by Crippen LogP contribution is 2.17. The summed E-state index contributed by atoms with van der Waals surface area (Å²) in [6, 6.07) is 8.12. The van der Waals surface area contributed by atoms with E-state index < -0.39 is 5.97 Å². The second kappa shape index (κ2) is 7.09. The third-order valence-electron chi connectivity index (χ3n) is 2.95. The fourth-order valence-electron chi connectivity index (χ4n) is 1.86. The van der Waals surface area contributed by atoms with Crippen LogP contribution in [0.25, 0.3) is 5.69 Å². The lowest BCUT2D eigenvalue weighted by atomic mass is 10.1. The Bertz CT molecular complexity index is 566. The number of unbranched alkanes of at least 4 members (excludes halogenated alkanes) is 1. The molecule has 5 nitrogen and oxygen atoms in total. The second-order valence-electron chi connectivity index (χ2n) is 4.45. The summed E-state index contributed by atoms with van der Waals surface area (Å²) in [6.45, 7) is 0. The Labute approximate surface area is 122 Å². The van der Waals surface area contributed by atoms with Crippen LogP contribution in [0, 0.1) is 0 Å². The molecule has 1 N–H and O–H groups in total. The maximum atomic E-state index is 10.4. The summed E-state index contributed by atoms with van der Waals surface area (Å²) in [5, 5.41) is 16.8. The Morgan fingerprint density at radius 2 is 2.05 bits per heavy atom. The van der Waals surface area contributed by atoms with E-state index in [9.17, 15) is 4.79 Å². The highest BCUT2D eigenvalue weighted by molar-refractivity contribution is 7.98. The summed E-state index contributed by atoms with van der Waals surface area (Å²) in [5.74, 6) is -0.748. The minimum absolute atomic E-state index is 0.213. The number of carboxylic acids is 1. The van der Waals surface area contributed by atoms with Gasteiger partial charge in [-0.15, -0.1) is 16.9 Å². The van der Waals surface area contributed by atoms with Gasteiger partial charge >= 0.3 is 5.97 Å². The number of carbonyl (C=O) groups is 1. The van der Waals surface area contributed by atoms with E-state index in [1.165, 1.54) is 4.90 Å². The first-order valence-corrected chi connectivity index (χ1v) is 7.69. The van der Waals surface area contributed by atoms with E-state index in [0.29, 0.717) is 6.42 Å². The molecule has 1 heterocycles. The number of hydrogen-bond acceptors (Lipinski definition) is 4. The van der Waals surface area contributed by atoms with Crippen molar-refractivity contribution in [1.82, 2.24) is 15.0 Å². The van der Waals surface area contributed by atoms with Gasteiger partial charge in [0.1, 0.15) is 0 Å². The van der Waals surface area contributed by atoms with Gasteiger partial charge < -0.3 is 5.11 Å². The van der Waals surface area contributed by atoms with Gasteiger partial charge in [-0.3, -0.25) is 4.79 Å². The zero-order valence-electron chi connectivity index (χ0n) is 11.3. The van der Waals surface area contributed by atoms with Crippen molar-refractivity contribution >= 4 is 17.7 Å². The van der Waals surface area contributed by atoms with Crippen LogP contribution in [-0.2, 0) is 11.2 Å². The van der Waals surface area contributed by atoms with Crippen LogP contribution in [0.2, 0.25) is 0 Å². The summed E-state index contributed by atoms with van der Waals surface area (Å²) >= 11 is 1.70. The SMILES string of the molecule is CSc1ccc(-n2cc(CCCCC(=O)O)nn2)cc1. The van der Waals surface area contributed by atoms with Crippen LogP contribution in [0.1, 0.15) is 25.0 Å². The van der Waals surface area contributed by atoms with Crippen LogP contribution in [0.3, 0.4) is 0 Å². The van der Waals surface area contributed by atoms with E-state index in [1.54, 1.807) is 16.4 Å². The Morgan fingerprint density at radius 1 is 1.30 bits per heavy atom. The molecule has 2 aromatic rings. The van der Waals surface area contributed by atoms with Gasteiger partial charge in [0.25, 0.3) is 0 Å². The van der Waals surface area contributed by atoms with Gasteiger partial charge in [0.15, 0.2) is 0 Å². The smallest absolute Gasteiger partial charge is 0.303 e. The molecule has 0 spiro atoms. The van der Waals surface area contributed by atoms with Gasteiger partial charge in [0.05, 0.1) is 17.6 Å². The molecule has 0 amide bonds. The molecule has 0 aliphatic heterocycles. The number of hydrogen-bond donors (Lipinski definition) is 1. The molecule has 1 aromatic heterocycles. The quantitative estimate of drug-likeness (QED) is 0.627. The summed E-state index contributed by atoms with van der Waals surface area (Å²) in [5.41, 5.74) is 1.87. The molecule has 20 heavy (non-hydrogen) atoms. The van der Waals surface area contributed by atoms with Gasteiger partial charge in [-0.2, -0.15) is 0 Å². The number of thioether (sulfide) groups is 1.